The highest BCUT2D eigenvalue weighted by molar-refractivity contribution is 7.90. The number of fused-ring (bicyclic) bond motifs is 1. The van der Waals surface area contributed by atoms with Crippen molar-refractivity contribution in [3.05, 3.63) is 92.9 Å². The predicted molar refractivity (Wildman–Crippen MR) is 260 cm³/mol. The van der Waals surface area contributed by atoms with E-state index >= 15 is 0 Å². The van der Waals surface area contributed by atoms with Gasteiger partial charge in [-0.1, -0.05) is 43.2 Å². The maximum atomic E-state index is 14.5. The maximum absolute atomic E-state index is 14.5. The Balaban J connectivity index is 1.02. The zero-order valence-electron chi connectivity index (χ0n) is 40.3. The Morgan fingerprint density at radius 2 is 1.56 bits per heavy atom. The van der Waals surface area contributed by atoms with Crippen LogP contribution >= 0.6 is 0 Å². The third-order valence-electron chi connectivity index (χ3n) is 13.2. The molecule has 376 valence electrons. The largest absolute Gasteiger partial charge is 0.444 e. The zero-order chi connectivity index (χ0) is 50.7. The Hall–Kier alpha value is -6.38. The normalized spacial score (nSPS) is 19.0. The molecule has 1 saturated heterocycles. The van der Waals surface area contributed by atoms with Gasteiger partial charge in [0.15, 0.2) is 9.84 Å². The lowest BCUT2D eigenvalue weighted by molar-refractivity contribution is -0.135. The van der Waals surface area contributed by atoms with Crippen molar-refractivity contribution in [1.29, 1.82) is 0 Å². The van der Waals surface area contributed by atoms with Crippen LogP contribution in [0.1, 0.15) is 112 Å². The number of nitrogens with two attached hydrogens (primary N) is 1. The second-order valence-electron chi connectivity index (χ2n) is 19.7. The van der Waals surface area contributed by atoms with E-state index < -0.39 is 75.6 Å². The molecule has 0 spiro atoms. The van der Waals surface area contributed by atoms with E-state index in [2.05, 4.69) is 27.3 Å². The van der Waals surface area contributed by atoms with Crippen molar-refractivity contribution in [2.75, 3.05) is 11.2 Å². The number of aromatic nitrogens is 2. The van der Waals surface area contributed by atoms with Crippen LogP contribution in [0.2, 0.25) is 0 Å². The third-order valence-corrected chi connectivity index (χ3v) is 14.3. The minimum absolute atomic E-state index is 0.0228. The lowest BCUT2D eigenvalue weighted by atomic mass is 9.95. The summed E-state index contributed by atoms with van der Waals surface area (Å²) in [7, 11) is -1.73. The quantitative estimate of drug-likeness (QED) is 0.0450. The molecule has 4 aromatic rings. The van der Waals surface area contributed by atoms with Crippen molar-refractivity contribution >= 4 is 62.2 Å². The fourth-order valence-electron chi connectivity index (χ4n) is 9.65. The molecule has 3 aliphatic heterocycles. The van der Waals surface area contributed by atoms with Crippen molar-refractivity contribution in [2.24, 2.45) is 12.8 Å². The summed E-state index contributed by atoms with van der Waals surface area (Å²) in [6.07, 6.45) is 5.30. The van der Waals surface area contributed by atoms with Crippen molar-refractivity contribution in [2.45, 2.75) is 152 Å². The molecule has 7 N–H and O–H groups in total. The molecule has 0 aliphatic carbocycles. The van der Waals surface area contributed by atoms with Crippen LogP contribution in [0.5, 0.6) is 0 Å². The summed E-state index contributed by atoms with van der Waals surface area (Å²) >= 11 is 0. The third kappa shape index (κ3) is 12.1. The Bertz CT molecular complexity index is 2850. The van der Waals surface area contributed by atoms with E-state index in [9.17, 15) is 47.1 Å². The highest BCUT2D eigenvalue weighted by atomic mass is 32.2. The number of nitrogens with zero attached hydrogens (tertiary/aromatic N) is 3. The van der Waals surface area contributed by atoms with Crippen LogP contribution in [0.25, 0.3) is 11.0 Å². The maximum Gasteiger partial charge on any atom is 0.408 e. The first kappa shape index (κ1) is 51.5. The average Bonchev–Trinajstić information content (AvgIpc) is 3.75. The van der Waals surface area contributed by atoms with E-state index in [0.29, 0.717) is 23.2 Å². The fraction of sp³-hybridized carbons (Fsp3) is 0.500. The van der Waals surface area contributed by atoms with E-state index in [1.807, 2.05) is 24.3 Å². The average molecular weight is 985 g/mol. The van der Waals surface area contributed by atoms with E-state index in [4.69, 9.17) is 10.5 Å². The molecule has 6 amide bonds. The summed E-state index contributed by atoms with van der Waals surface area (Å²) in [4.78, 5) is 93.0. The van der Waals surface area contributed by atoms with Gasteiger partial charge in [-0.15, -0.1) is 0 Å². The van der Waals surface area contributed by atoms with Crippen LogP contribution in [-0.2, 0) is 77.8 Å². The Morgan fingerprint density at radius 3 is 2.21 bits per heavy atom. The number of primary amides is 1. The molecule has 1 fully saturated rings. The molecule has 3 aromatic carbocycles. The molecule has 4 heterocycles. The van der Waals surface area contributed by atoms with Crippen molar-refractivity contribution < 1.29 is 47.0 Å². The number of benzene rings is 3. The van der Waals surface area contributed by atoms with Crippen molar-refractivity contribution in [3.8, 4) is 0 Å². The number of hydrogen-bond acceptors (Lipinski definition) is 12. The smallest absolute Gasteiger partial charge is 0.408 e. The first-order chi connectivity index (χ1) is 33.1. The molecule has 1 aromatic heterocycles. The van der Waals surface area contributed by atoms with Gasteiger partial charge in [0, 0.05) is 39.1 Å². The number of amides is 6. The molecule has 70 heavy (non-hydrogen) atoms. The minimum atomic E-state index is -3.41. The number of sulfone groups is 1. The second-order valence-corrected chi connectivity index (χ2v) is 21.7. The number of imidazole rings is 1. The fourth-order valence-corrected chi connectivity index (χ4v) is 10.3. The van der Waals surface area contributed by atoms with Gasteiger partial charge in [-0.2, -0.15) is 0 Å². The molecule has 0 saturated carbocycles. The van der Waals surface area contributed by atoms with E-state index in [1.54, 1.807) is 40.0 Å². The standard InChI is InChI=1S/C50H64N8O11S/c1-50(2,3)69-48(65)54-36-18-15-32-24-31(11-9-7-6-8-10-29-14-20-37-39(26-29)56(4)49(66)57(37)38-21-23-42(60)55-45(38)62)25-33-27-40(58(43(32)33)47(36)64)46(63)53-35(19-22-41(51)59)44(61)52-28-30-12-16-34(17-13-30)70(5,67)68/h12-14,16-17,20,24-26,35-36,38,40,44,52,61H,6-11,15,18-19,21-23,27-28H2,1-5H3,(H2,51,59)(H,53,63)(H,54,65)(H,55,60,62)/t35-,36-,38?,40-,44?/m0/s1. The van der Waals surface area contributed by atoms with Crippen LogP contribution < -0.4 is 37.6 Å². The van der Waals surface area contributed by atoms with E-state index in [1.165, 1.54) is 26.2 Å². The molecule has 0 bridgehead atoms. The molecule has 7 rings (SSSR count). The number of aliphatic hydroxyl groups excluding tert-OH is 1. The number of aliphatic hydroxyl groups is 1. The van der Waals surface area contributed by atoms with Gasteiger partial charge in [-0.05, 0) is 124 Å². The number of piperidine rings is 1. The van der Waals surface area contributed by atoms with Gasteiger partial charge in [-0.3, -0.25) is 48.6 Å². The summed E-state index contributed by atoms with van der Waals surface area (Å²) in [6, 6.07) is 12.2. The monoisotopic (exact) mass is 984 g/mol. The summed E-state index contributed by atoms with van der Waals surface area (Å²) in [5.41, 5.74) is 10.8. The van der Waals surface area contributed by atoms with Crippen molar-refractivity contribution in [1.82, 2.24) is 30.4 Å². The molecule has 3 aliphatic rings. The lowest BCUT2D eigenvalue weighted by Crippen LogP contribution is -2.58. The number of hydrogen-bond donors (Lipinski definition) is 6. The molecular weight excluding hydrogens is 921 g/mol. The molecule has 2 unspecified atom stereocenters. The zero-order valence-corrected chi connectivity index (χ0v) is 41.2. The topological polar surface area (TPSA) is 270 Å². The Labute approximate surface area is 406 Å². The minimum Gasteiger partial charge on any atom is -0.444 e. The van der Waals surface area contributed by atoms with Gasteiger partial charge in [0.1, 0.15) is 30.0 Å². The van der Waals surface area contributed by atoms with E-state index in [0.717, 1.165) is 72.6 Å². The number of carbonyl (C=O) groups excluding carboxylic acids is 6. The van der Waals surface area contributed by atoms with Crippen LogP contribution in [-0.4, -0.2) is 94.5 Å². The summed E-state index contributed by atoms with van der Waals surface area (Å²) < 4.78 is 32.4. The van der Waals surface area contributed by atoms with Crippen LogP contribution in [0.4, 0.5) is 10.5 Å². The first-order valence-electron chi connectivity index (χ1n) is 23.9. The van der Waals surface area contributed by atoms with Gasteiger partial charge < -0.3 is 26.2 Å². The second kappa shape index (κ2) is 21.3. The van der Waals surface area contributed by atoms with Gasteiger partial charge in [0.2, 0.25) is 29.5 Å². The Kier molecular flexibility index (Phi) is 15.7. The number of ether oxygens (including phenoxy) is 1. The number of imide groups is 1. The van der Waals surface area contributed by atoms with Gasteiger partial charge in [0.25, 0.3) is 0 Å². The highest BCUT2D eigenvalue weighted by Crippen LogP contribution is 2.40. The molecular formula is C50H64N8O11S. The Morgan fingerprint density at radius 1 is 0.886 bits per heavy atom. The number of aryl methyl sites for hydroxylation is 4. The predicted octanol–water partition coefficient (Wildman–Crippen LogP) is 3.02. The molecule has 0 radical (unpaired) electrons. The van der Waals surface area contributed by atoms with Gasteiger partial charge in [0.05, 0.1) is 27.7 Å². The molecule has 20 heteroatoms. The summed E-state index contributed by atoms with van der Waals surface area (Å²) in [5, 5.41) is 22.2. The van der Waals surface area contributed by atoms with Gasteiger partial charge >= 0.3 is 11.8 Å². The van der Waals surface area contributed by atoms with Gasteiger partial charge in [-0.25, -0.2) is 18.0 Å². The molecule has 19 nitrogen and oxygen atoms in total. The number of anilines is 1. The van der Waals surface area contributed by atoms with Crippen molar-refractivity contribution in [3.63, 3.8) is 0 Å². The van der Waals surface area contributed by atoms with E-state index in [-0.39, 0.29) is 61.6 Å². The number of nitrogens with one attached hydrogen (secondary N) is 4. The SMILES string of the molecule is Cn1c(=O)n(C2CCC(=O)NC2=O)c2ccc(CCCCCCc3cc4c5c(c3)C[C@@H](C(=O)N[C@@H](CCC(N)=O)C(O)NCc3ccc(S(C)(=O)=O)cc3)N5C(=O)[C@@H](NC(=O)OC(C)(C)C)CC4)cc21. The number of carbonyl (C=O) groups is 6. The number of unbranched alkanes of at least 4 members (excludes halogenated alkanes) is 3. The van der Waals surface area contributed by atoms with Crippen LogP contribution in [0.3, 0.4) is 0 Å². The summed E-state index contributed by atoms with van der Waals surface area (Å²) in [5.74, 6) is -2.50. The van der Waals surface area contributed by atoms with Crippen LogP contribution in [0, 0.1) is 0 Å². The highest BCUT2D eigenvalue weighted by Gasteiger charge is 2.45. The summed E-state index contributed by atoms with van der Waals surface area (Å²) in [6.45, 7) is 5.26. The molecule has 5 atom stereocenters. The van der Waals surface area contributed by atoms with Crippen LogP contribution in [0.15, 0.2) is 64.3 Å². The first-order valence-corrected chi connectivity index (χ1v) is 25.8. The number of alkyl carbamates (subject to hydrolysis) is 1. The number of rotatable bonds is 19. The lowest BCUT2D eigenvalue weighted by Gasteiger charge is -2.31.